The van der Waals surface area contributed by atoms with E-state index in [4.69, 9.17) is 12.2 Å². The van der Waals surface area contributed by atoms with E-state index in [9.17, 15) is 14.9 Å². The Morgan fingerprint density at radius 3 is 2.48 bits per heavy atom. The first-order valence-corrected chi connectivity index (χ1v) is 7.25. The molecule has 0 saturated heterocycles. The number of non-ortho nitro benzene ring substituents is 1. The molecule has 0 fully saturated rings. The van der Waals surface area contributed by atoms with Gasteiger partial charge in [0, 0.05) is 30.8 Å². The van der Waals surface area contributed by atoms with Gasteiger partial charge in [-0.05, 0) is 31.1 Å². The molecular weight excluding hydrogens is 290 g/mol. The molecule has 114 valence electrons. The molecule has 1 N–H and O–H groups in total. The molecule has 7 heteroatoms. The topological polar surface area (TPSA) is 75.5 Å². The van der Waals surface area contributed by atoms with Crippen LogP contribution < -0.4 is 5.32 Å². The number of rotatable bonds is 6. The van der Waals surface area contributed by atoms with Gasteiger partial charge in [0.25, 0.3) is 11.6 Å². The highest BCUT2D eigenvalue weighted by molar-refractivity contribution is 7.80. The van der Waals surface area contributed by atoms with Crippen LogP contribution in [0.3, 0.4) is 0 Å². The van der Waals surface area contributed by atoms with Crippen LogP contribution in [0.2, 0.25) is 0 Å². The van der Waals surface area contributed by atoms with E-state index in [-0.39, 0.29) is 11.3 Å². The van der Waals surface area contributed by atoms with E-state index >= 15 is 0 Å². The average molecular weight is 309 g/mol. The lowest BCUT2D eigenvalue weighted by Crippen LogP contribution is -2.43. The van der Waals surface area contributed by atoms with E-state index in [1.807, 2.05) is 18.7 Å². The highest BCUT2D eigenvalue weighted by atomic mass is 32.1. The summed E-state index contributed by atoms with van der Waals surface area (Å²) in [6.45, 7) is 5.60. The number of carbonyl (C=O) groups excluding carboxylic acids is 1. The summed E-state index contributed by atoms with van der Waals surface area (Å²) in [5, 5.41) is 13.7. The minimum atomic E-state index is -0.532. The number of hydrogen-bond donors (Lipinski definition) is 1. The van der Waals surface area contributed by atoms with Gasteiger partial charge in [-0.15, -0.1) is 0 Å². The number of thiocarbonyl (C=S) groups is 1. The Morgan fingerprint density at radius 2 is 1.95 bits per heavy atom. The quantitative estimate of drug-likeness (QED) is 0.497. The number of nitro groups is 1. The fourth-order valence-electron chi connectivity index (χ4n) is 1.86. The molecule has 0 spiro atoms. The zero-order chi connectivity index (χ0) is 15.8. The first-order chi connectivity index (χ1) is 9.99. The van der Waals surface area contributed by atoms with E-state index < -0.39 is 10.8 Å². The SMILES string of the molecule is CCCN(CCC)C(=S)NC(=O)c1cccc([N+](=O)[O-])c1. The van der Waals surface area contributed by atoms with E-state index in [2.05, 4.69) is 5.32 Å². The second kappa shape index (κ2) is 8.31. The maximum absolute atomic E-state index is 12.1. The Labute approximate surface area is 129 Å². The van der Waals surface area contributed by atoms with Crippen LogP contribution in [0.1, 0.15) is 37.0 Å². The van der Waals surface area contributed by atoms with Gasteiger partial charge in [-0.25, -0.2) is 0 Å². The first kappa shape index (κ1) is 17.0. The van der Waals surface area contributed by atoms with E-state index in [0.29, 0.717) is 5.11 Å². The van der Waals surface area contributed by atoms with Gasteiger partial charge >= 0.3 is 0 Å². The molecule has 0 atom stereocenters. The minimum absolute atomic E-state index is 0.118. The smallest absolute Gasteiger partial charge is 0.270 e. The maximum Gasteiger partial charge on any atom is 0.270 e. The Morgan fingerprint density at radius 1 is 1.33 bits per heavy atom. The van der Waals surface area contributed by atoms with Gasteiger partial charge in [0.05, 0.1) is 4.92 Å². The van der Waals surface area contributed by atoms with Crippen LogP contribution in [0.25, 0.3) is 0 Å². The summed E-state index contributed by atoms with van der Waals surface area (Å²) in [4.78, 5) is 24.2. The van der Waals surface area contributed by atoms with Crippen LogP contribution in [-0.4, -0.2) is 33.9 Å². The van der Waals surface area contributed by atoms with Crippen molar-refractivity contribution in [3.05, 3.63) is 39.9 Å². The molecule has 0 aliphatic heterocycles. The molecule has 0 aliphatic rings. The Kier molecular flexibility index (Phi) is 6.74. The fraction of sp³-hybridized carbons (Fsp3) is 0.429. The predicted molar refractivity (Wildman–Crippen MR) is 85.3 cm³/mol. The third kappa shape index (κ3) is 5.11. The van der Waals surface area contributed by atoms with Crippen molar-refractivity contribution < 1.29 is 9.72 Å². The van der Waals surface area contributed by atoms with Gasteiger partial charge in [-0.2, -0.15) is 0 Å². The van der Waals surface area contributed by atoms with Crippen molar-refractivity contribution in [3.8, 4) is 0 Å². The van der Waals surface area contributed by atoms with Crippen LogP contribution in [0.15, 0.2) is 24.3 Å². The molecule has 1 amide bonds. The molecule has 1 aromatic carbocycles. The van der Waals surface area contributed by atoms with Gasteiger partial charge in [-0.1, -0.05) is 19.9 Å². The molecule has 0 radical (unpaired) electrons. The van der Waals surface area contributed by atoms with Crippen molar-refractivity contribution in [2.45, 2.75) is 26.7 Å². The van der Waals surface area contributed by atoms with Crippen LogP contribution in [-0.2, 0) is 0 Å². The van der Waals surface area contributed by atoms with Crippen molar-refractivity contribution in [3.63, 3.8) is 0 Å². The maximum atomic E-state index is 12.1. The summed E-state index contributed by atoms with van der Waals surface area (Å²) in [7, 11) is 0. The molecule has 0 bridgehead atoms. The molecule has 0 heterocycles. The number of nitro benzene ring substituents is 1. The minimum Gasteiger partial charge on any atom is -0.349 e. The molecule has 0 saturated carbocycles. The number of benzene rings is 1. The Balaban J connectivity index is 2.77. The second-order valence-electron chi connectivity index (χ2n) is 4.55. The van der Waals surface area contributed by atoms with Crippen LogP contribution in [0, 0.1) is 10.1 Å². The fourth-order valence-corrected chi connectivity index (χ4v) is 2.14. The van der Waals surface area contributed by atoms with Gasteiger partial charge in [0.15, 0.2) is 5.11 Å². The summed E-state index contributed by atoms with van der Waals surface area (Å²) in [6.07, 6.45) is 1.85. The zero-order valence-electron chi connectivity index (χ0n) is 12.2. The van der Waals surface area contributed by atoms with Gasteiger partial charge in [0.1, 0.15) is 0 Å². The van der Waals surface area contributed by atoms with Gasteiger partial charge in [-0.3, -0.25) is 20.2 Å². The molecule has 21 heavy (non-hydrogen) atoms. The van der Waals surface area contributed by atoms with Crippen molar-refractivity contribution >= 4 is 28.9 Å². The standard InChI is InChI=1S/C14H19N3O3S/c1-3-8-16(9-4-2)14(21)15-13(18)11-6-5-7-12(10-11)17(19)20/h5-7,10H,3-4,8-9H2,1-2H3,(H,15,18,21). The predicted octanol–water partition coefficient (Wildman–Crippen LogP) is 2.73. The first-order valence-electron chi connectivity index (χ1n) is 6.84. The van der Waals surface area contributed by atoms with Crippen molar-refractivity contribution in [2.24, 2.45) is 0 Å². The highest BCUT2D eigenvalue weighted by Gasteiger charge is 2.15. The van der Waals surface area contributed by atoms with Gasteiger partial charge < -0.3 is 4.90 Å². The molecule has 1 rings (SSSR count). The summed E-state index contributed by atoms with van der Waals surface area (Å²) in [5.74, 6) is -0.430. The Bertz CT molecular complexity index is 528. The summed E-state index contributed by atoms with van der Waals surface area (Å²) < 4.78 is 0. The lowest BCUT2D eigenvalue weighted by atomic mass is 10.2. The average Bonchev–Trinajstić information content (AvgIpc) is 2.47. The lowest BCUT2D eigenvalue weighted by molar-refractivity contribution is -0.384. The number of nitrogens with zero attached hydrogens (tertiary/aromatic N) is 2. The molecule has 0 unspecified atom stereocenters. The van der Waals surface area contributed by atoms with Crippen molar-refractivity contribution in [1.82, 2.24) is 10.2 Å². The van der Waals surface area contributed by atoms with E-state index in [0.717, 1.165) is 25.9 Å². The Hall–Kier alpha value is -2.02. The zero-order valence-corrected chi connectivity index (χ0v) is 13.0. The van der Waals surface area contributed by atoms with Crippen LogP contribution >= 0.6 is 12.2 Å². The molecule has 6 nitrogen and oxygen atoms in total. The molecule has 0 aliphatic carbocycles. The number of amides is 1. The van der Waals surface area contributed by atoms with Crippen LogP contribution in [0.5, 0.6) is 0 Å². The number of carbonyl (C=O) groups is 1. The second-order valence-corrected chi connectivity index (χ2v) is 4.94. The summed E-state index contributed by atoms with van der Waals surface area (Å²) >= 11 is 5.23. The van der Waals surface area contributed by atoms with E-state index in [1.165, 1.54) is 24.3 Å². The number of nitrogens with one attached hydrogen (secondary N) is 1. The van der Waals surface area contributed by atoms with Gasteiger partial charge in [0.2, 0.25) is 0 Å². The summed E-state index contributed by atoms with van der Waals surface area (Å²) in [6, 6.07) is 5.58. The van der Waals surface area contributed by atoms with Crippen molar-refractivity contribution in [1.29, 1.82) is 0 Å². The molecular formula is C14H19N3O3S. The van der Waals surface area contributed by atoms with E-state index in [1.54, 1.807) is 0 Å². The lowest BCUT2D eigenvalue weighted by Gasteiger charge is -2.24. The monoisotopic (exact) mass is 309 g/mol. The van der Waals surface area contributed by atoms with Crippen LogP contribution in [0.4, 0.5) is 5.69 Å². The number of hydrogen-bond acceptors (Lipinski definition) is 4. The third-order valence-electron chi connectivity index (χ3n) is 2.81. The van der Waals surface area contributed by atoms with Crippen molar-refractivity contribution in [2.75, 3.05) is 13.1 Å². The normalized spacial score (nSPS) is 10.0. The highest BCUT2D eigenvalue weighted by Crippen LogP contribution is 2.13. The molecule has 1 aromatic rings. The third-order valence-corrected chi connectivity index (χ3v) is 3.17. The largest absolute Gasteiger partial charge is 0.349 e. The summed E-state index contributed by atoms with van der Waals surface area (Å²) in [5.41, 5.74) is 0.104. The molecule has 0 aromatic heterocycles.